The number of carbonyl (C=O) groups is 4. The summed E-state index contributed by atoms with van der Waals surface area (Å²) in [4.78, 5) is 52.5. The second kappa shape index (κ2) is 7.44. The molecule has 3 aliphatic heterocycles. The number of likely N-dealkylation sites (tertiary alicyclic amines) is 1. The number of imide groups is 2. The molecule has 2 saturated heterocycles. The molecular formula is C20H24N4O4. The second-order valence-electron chi connectivity index (χ2n) is 7.68. The van der Waals surface area contributed by atoms with E-state index in [1.54, 1.807) is 12.1 Å². The number of nitrogens with two attached hydrogens (primary N) is 1. The number of benzene rings is 1. The van der Waals surface area contributed by atoms with Crippen molar-refractivity contribution >= 4 is 23.6 Å². The molecule has 4 rings (SSSR count). The first-order chi connectivity index (χ1) is 13.5. The second-order valence-corrected chi connectivity index (χ2v) is 7.68. The molecule has 1 aromatic carbocycles. The highest BCUT2D eigenvalue weighted by molar-refractivity contribution is 6.23. The van der Waals surface area contributed by atoms with Crippen LogP contribution in [-0.2, 0) is 16.1 Å². The molecule has 8 nitrogen and oxygen atoms in total. The van der Waals surface area contributed by atoms with Gasteiger partial charge < -0.3 is 5.73 Å². The number of amides is 4. The summed E-state index contributed by atoms with van der Waals surface area (Å²) in [6, 6.07) is 4.68. The van der Waals surface area contributed by atoms with E-state index in [2.05, 4.69) is 10.2 Å². The number of hydrogen-bond donors (Lipinski definition) is 2. The standard InChI is InChI=1S/C20H24N4O4/c21-10-13-3-1-2-8-23(13)11-12-4-5-14-15(9-12)20(28)24(19(14)27)16-6-7-17(25)22-18(16)26/h4-5,9,13,16H,1-3,6-8,10-11,21H2,(H,22,25,26)/t13-,16?/m1/s1. The van der Waals surface area contributed by atoms with Gasteiger partial charge in [0, 0.05) is 25.6 Å². The maximum absolute atomic E-state index is 12.9. The minimum absolute atomic E-state index is 0.116. The van der Waals surface area contributed by atoms with Gasteiger partial charge in [-0.1, -0.05) is 12.5 Å². The van der Waals surface area contributed by atoms with Crippen molar-refractivity contribution in [1.29, 1.82) is 0 Å². The van der Waals surface area contributed by atoms with Crippen LogP contribution in [0.3, 0.4) is 0 Å². The van der Waals surface area contributed by atoms with E-state index in [9.17, 15) is 19.2 Å². The summed E-state index contributed by atoms with van der Waals surface area (Å²) in [5.74, 6) is -1.91. The molecule has 0 aliphatic carbocycles. The molecule has 0 aromatic heterocycles. The Balaban J connectivity index is 1.55. The zero-order chi connectivity index (χ0) is 19.8. The number of carbonyl (C=O) groups excluding carboxylic acids is 4. The van der Waals surface area contributed by atoms with Crippen molar-refractivity contribution in [3.8, 4) is 0 Å². The number of nitrogens with one attached hydrogen (secondary N) is 1. The van der Waals surface area contributed by atoms with Crippen LogP contribution in [0, 0.1) is 0 Å². The van der Waals surface area contributed by atoms with Gasteiger partial charge in [-0.2, -0.15) is 0 Å². The van der Waals surface area contributed by atoms with E-state index in [-0.39, 0.29) is 18.7 Å². The quantitative estimate of drug-likeness (QED) is 0.727. The highest BCUT2D eigenvalue weighted by Crippen LogP contribution is 2.29. The van der Waals surface area contributed by atoms with E-state index in [0.29, 0.717) is 30.3 Å². The lowest BCUT2D eigenvalue weighted by Gasteiger charge is -2.35. The maximum atomic E-state index is 12.9. The van der Waals surface area contributed by atoms with Crippen LogP contribution in [-0.4, -0.2) is 58.6 Å². The average molecular weight is 384 g/mol. The first-order valence-corrected chi connectivity index (χ1v) is 9.78. The van der Waals surface area contributed by atoms with Crippen molar-refractivity contribution in [1.82, 2.24) is 15.1 Å². The largest absolute Gasteiger partial charge is 0.329 e. The molecule has 0 bridgehead atoms. The predicted molar refractivity (Wildman–Crippen MR) is 100 cm³/mol. The number of rotatable bonds is 4. The van der Waals surface area contributed by atoms with Gasteiger partial charge >= 0.3 is 0 Å². The smallest absolute Gasteiger partial charge is 0.262 e. The molecule has 3 N–H and O–H groups in total. The number of piperidine rings is 2. The third kappa shape index (κ3) is 3.22. The summed E-state index contributed by atoms with van der Waals surface area (Å²) in [6.07, 6.45) is 3.65. The highest BCUT2D eigenvalue weighted by Gasteiger charge is 2.44. The molecule has 0 saturated carbocycles. The van der Waals surface area contributed by atoms with Crippen molar-refractivity contribution in [3.05, 3.63) is 34.9 Å². The van der Waals surface area contributed by atoms with Crippen molar-refractivity contribution in [2.45, 2.75) is 50.7 Å². The van der Waals surface area contributed by atoms with Crippen LogP contribution in [0.25, 0.3) is 0 Å². The first-order valence-electron chi connectivity index (χ1n) is 9.78. The van der Waals surface area contributed by atoms with Gasteiger partial charge in [0.05, 0.1) is 11.1 Å². The summed E-state index contributed by atoms with van der Waals surface area (Å²) in [7, 11) is 0. The zero-order valence-electron chi connectivity index (χ0n) is 15.6. The Labute approximate surface area is 163 Å². The Bertz CT molecular complexity index is 853. The van der Waals surface area contributed by atoms with Crippen LogP contribution in [0.2, 0.25) is 0 Å². The predicted octanol–water partition coefficient (Wildman–Crippen LogP) is 0.401. The van der Waals surface area contributed by atoms with Crippen molar-refractivity contribution < 1.29 is 19.2 Å². The molecule has 1 unspecified atom stereocenters. The van der Waals surface area contributed by atoms with Gasteiger partial charge in [0.25, 0.3) is 11.8 Å². The Morgan fingerprint density at radius 1 is 1.04 bits per heavy atom. The maximum Gasteiger partial charge on any atom is 0.262 e. The lowest BCUT2D eigenvalue weighted by Crippen LogP contribution is -2.54. The van der Waals surface area contributed by atoms with Crippen molar-refractivity contribution in [2.24, 2.45) is 5.73 Å². The molecule has 148 valence electrons. The normalized spacial score (nSPS) is 25.8. The summed E-state index contributed by atoms with van der Waals surface area (Å²) >= 11 is 0. The molecule has 28 heavy (non-hydrogen) atoms. The third-order valence-corrected chi connectivity index (χ3v) is 5.91. The summed E-state index contributed by atoms with van der Waals surface area (Å²) in [6.45, 7) is 2.24. The van der Waals surface area contributed by atoms with Gasteiger partial charge in [0.2, 0.25) is 11.8 Å². The molecule has 2 fully saturated rings. The average Bonchev–Trinajstić information content (AvgIpc) is 2.93. The van der Waals surface area contributed by atoms with Crippen LogP contribution in [0.5, 0.6) is 0 Å². The SMILES string of the molecule is NC[C@H]1CCCCN1Cc1ccc2c(c1)C(=O)N(C1CCC(=O)NC1=O)C2=O. The van der Waals surface area contributed by atoms with Crippen LogP contribution in [0.4, 0.5) is 0 Å². The summed E-state index contributed by atoms with van der Waals surface area (Å²) in [5, 5.41) is 2.21. The fourth-order valence-electron chi connectivity index (χ4n) is 4.39. The third-order valence-electron chi connectivity index (χ3n) is 5.91. The number of hydrogen-bond acceptors (Lipinski definition) is 6. The van der Waals surface area contributed by atoms with Gasteiger partial charge in [-0.15, -0.1) is 0 Å². The Morgan fingerprint density at radius 2 is 1.82 bits per heavy atom. The molecule has 0 spiro atoms. The molecule has 4 amide bonds. The Morgan fingerprint density at radius 3 is 2.57 bits per heavy atom. The van der Waals surface area contributed by atoms with Gasteiger partial charge in [-0.25, -0.2) is 0 Å². The molecule has 2 atom stereocenters. The molecule has 3 heterocycles. The molecule has 8 heteroatoms. The summed E-state index contributed by atoms with van der Waals surface area (Å²) < 4.78 is 0. The molecule has 3 aliphatic rings. The highest BCUT2D eigenvalue weighted by atomic mass is 16.2. The van der Waals surface area contributed by atoms with E-state index in [1.165, 1.54) is 6.42 Å². The minimum Gasteiger partial charge on any atom is -0.329 e. The minimum atomic E-state index is -0.933. The monoisotopic (exact) mass is 384 g/mol. The molecular weight excluding hydrogens is 360 g/mol. The number of nitrogens with zero attached hydrogens (tertiary/aromatic N) is 2. The zero-order valence-corrected chi connectivity index (χ0v) is 15.6. The number of fused-ring (bicyclic) bond motifs is 1. The lowest BCUT2D eigenvalue weighted by molar-refractivity contribution is -0.136. The fraction of sp³-hybridized carbons (Fsp3) is 0.500. The topological polar surface area (TPSA) is 113 Å². The fourth-order valence-corrected chi connectivity index (χ4v) is 4.39. The van der Waals surface area contributed by atoms with E-state index >= 15 is 0 Å². The van der Waals surface area contributed by atoms with E-state index in [4.69, 9.17) is 5.73 Å². The van der Waals surface area contributed by atoms with E-state index in [1.807, 2.05) is 6.07 Å². The Hall–Kier alpha value is -2.58. The van der Waals surface area contributed by atoms with Gasteiger partial charge in [0.15, 0.2) is 0 Å². The van der Waals surface area contributed by atoms with Crippen LogP contribution < -0.4 is 11.1 Å². The molecule has 0 radical (unpaired) electrons. The van der Waals surface area contributed by atoms with Crippen molar-refractivity contribution in [3.63, 3.8) is 0 Å². The van der Waals surface area contributed by atoms with Gasteiger partial charge in [-0.3, -0.25) is 34.3 Å². The van der Waals surface area contributed by atoms with Crippen molar-refractivity contribution in [2.75, 3.05) is 13.1 Å². The van der Waals surface area contributed by atoms with Crippen LogP contribution in [0.15, 0.2) is 18.2 Å². The molecule has 1 aromatic rings. The Kier molecular flexibility index (Phi) is 4.99. The van der Waals surface area contributed by atoms with Crippen LogP contribution in [0.1, 0.15) is 58.4 Å². The first kappa shape index (κ1) is 18.8. The van der Waals surface area contributed by atoms with E-state index < -0.39 is 23.8 Å². The van der Waals surface area contributed by atoms with Gasteiger partial charge in [-0.05, 0) is 43.5 Å². The van der Waals surface area contributed by atoms with Crippen LogP contribution >= 0.6 is 0 Å². The summed E-state index contributed by atoms with van der Waals surface area (Å²) in [5.41, 5.74) is 7.48. The lowest BCUT2D eigenvalue weighted by atomic mass is 10.00. The van der Waals surface area contributed by atoms with E-state index in [0.717, 1.165) is 29.8 Å². The van der Waals surface area contributed by atoms with Gasteiger partial charge in [0.1, 0.15) is 6.04 Å².